The first-order valence-electron chi connectivity index (χ1n) is 9.55. The van der Waals surface area contributed by atoms with Crippen molar-refractivity contribution in [2.75, 3.05) is 50.7 Å². The number of likely N-dealkylation sites (tertiary alicyclic amines) is 1. The highest BCUT2D eigenvalue weighted by Gasteiger charge is 2.25. The molecule has 1 aromatic rings. The van der Waals surface area contributed by atoms with Crippen LogP contribution in [-0.2, 0) is 4.79 Å². The zero-order valence-corrected chi connectivity index (χ0v) is 15.3. The highest BCUT2D eigenvalue weighted by atomic mass is 16.2. The smallest absolute Gasteiger partial charge is 0.223 e. The summed E-state index contributed by atoms with van der Waals surface area (Å²) < 4.78 is 0. The van der Waals surface area contributed by atoms with Gasteiger partial charge >= 0.3 is 0 Å². The Bertz CT molecular complexity index is 534. The number of anilines is 1. The molecule has 0 aliphatic carbocycles. The van der Waals surface area contributed by atoms with Crippen LogP contribution in [0, 0.1) is 5.92 Å². The van der Waals surface area contributed by atoms with Gasteiger partial charge in [-0.3, -0.25) is 9.69 Å². The molecule has 0 saturated carbocycles. The maximum Gasteiger partial charge on any atom is 0.223 e. The van der Waals surface area contributed by atoms with E-state index in [9.17, 15) is 4.79 Å². The number of nitrogens with two attached hydrogens (primary N) is 1. The Hall–Kier alpha value is -1.66. The predicted molar refractivity (Wildman–Crippen MR) is 100 cm³/mol. The van der Waals surface area contributed by atoms with Crippen LogP contribution >= 0.6 is 0 Å². The van der Waals surface area contributed by atoms with E-state index in [0.29, 0.717) is 18.2 Å². The number of aromatic nitrogens is 1. The molecule has 2 fully saturated rings. The first kappa shape index (κ1) is 18.1. The largest absolute Gasteiger partial charge is 0.354 e. The fourth-order valence-electron chi connectivity index (χ4n) is 3.83. The molecule has 3 heterocycles. The number of rotatable bonds is 5. The van der Waals surface area contributed by atoms with Gasteiger partial charge in [-0.1, -0.05) is 6.07 Å². The third kappa shape index (κ3) is 4.92. The monoisotopic (exact) mass is 345 g/mol. The molecule has 6 heteroatoms. The molecule has 2 aliphatic rings. The van der Waals surface area contributed by atoms with Gasteiger partial charge in [-0.15, -0.1) is 0 Å². The summed E-state index contributed by atoms with van der Waals surface area (Å²) >= 11 is 0. The van der Waals surface area contributed by atoms with E-state index in [4.69, 9.17) is 5.73 Å². The number of pyridine rings is 1. The number of piperidine rings is 1. The van der Waals surface area contributed by atoms with Gasteiger partial charge in [0.05, 0.1) is 0 Å². The Balaban J connectivity index is 1.36. The second kappa shape index (κ2) is 8.63. The molecule has 0 aromatic carbocycles. The summed E-state index contributed by atoms with van der Waals surface area (Å²) in [7, 11) is 0. The van der Waals surface area contributed by atoms with Crippen LogP contribution in [0.25, 0.3) is 0 Å². The van der Waals surface area contributed by atoms with Crippen LogP contribution in [-0.4, -0.2) is 72.5 Å². The summed E-state index contributed by atoms with van der Waals surface area (Å²) in [5.74, 6) is 1.93. The SMILES string of the molecule is CC(N)C1CCN(C(=O)CCN2CCN(c3ccccn3)CC2)CC1. The third-order valence-electron chi connectivity index (χ3n) is 5.62. The first-order valence-corrected chi connectivity index (χ1v) is 9.55. The Labute approximate surface area is 151 Å². The number of hydrogen-bond acceptors (Lipinski definition) is 5. The average molecular weight is 345 g/mol. The fraction of sp³-hybridized carbons (Fsp3) is 0.684. The fourth-order valence-corrected chi connectivity index (χ4v) is 3.83. The van der Waals surface area contributed by atoms with E-state index in [2.05, 4.69) is 27.8 Å². The summed E-state index contributed by atoms with van der Waals surface area (Å²) in [4.78, 5) is 23.6. The zero-order valence-electron chi connectivity index (χ0n) is 15.3. The van der Waals surface area contributed by atoms with E-state index < -0.39 is 0 Å². The summed E-state index contributed by atoms with van der Waals surface area (Å²) in [5.41, 5.74) is 5.98. The molecule has 0 radical (unpaired) electrons. The molecule has 1 amide bonds. The Morgan fingerprint density at radius 3 is 2.52 bits per heavy atom. The standard InChI is InChI=1S/C19H31N5O/c1-16(20)17-5-10-24(11-6-17)19(25)7-9-22-12-14-23(15-13-22)18-4-2-3-8-21-18/h2-4,8,16-17H,5-7,9-15,20H2,1H3. The van der Waals surface area contributed by atoms with Crippen molar-refractivity contribution in [2.24, 2.45) is 11.7 Å². The molecule has 2 N–H and O–H groups in total. The molecule has 1 atom stereocenters. The van der Waals surface area contributed by atoms with Crippen LogP contribution in [0.15, 0.2) is 24.4 Å². The highest BCUT2D eigenvalue weighted by Crippen LogP contribution is 2.20. The van der Waals surface area contributed by atoms with E-state index >= 15 is 0 Å². The lowest BCUT2D eigenvalue weighted by molar-refractivity contribution is -0.133. The number of amides is 1. The number of carbonyl (C=O) groups excluding carboxylic acids is 1. The summed E-state index contributed by atoms with van der Waals surface area (Å²) in [5, 5.41) is 0. The van der Waals surface area contributed by atoms with Crippen LogP contribution in [0.1, 0.15) is 26.2 Å². The van der Waals surface area contributed by atoms with Crippen molar-refractivity contribution < 1.29 is 4.79 Å². The molecule has 25 heavy (non-hydrogen) atoms. The molecular weight excluding hydrogens is 314 g/mol. The second-order valence-electron chi connectivity index (χ2n) is 7.34. The van der Waals surface area contributed by atoms with Gasteiger partial charge in [0, 0.05) is 64.5 Å². The first-order chi connectivity index (χ1) is 12.1. The quantitative estimate of drug-likeness (QED) is 0.868. The van der Waals surface area contributed by atoms with Gasteiger partial charge < -0.3 is 15.5 Å². The van der Waals surface area contributed by atoms with Crippen molar-refractivity contribution >= 4 is 11.7 Å². The van der Waals surface area contributed by atoms with E-state index in [0.717, 1.165) is 64.5 Å². The maximum atomic E-state index is 12.5. The van der Waals surface area contributed by atoms with Gasteiger partial charge in [-0.05, 0) is 37.8 Å². The summed E-state index contributed by atoms with van der Waals surface area (Å²) in [6.07, 6.45) is 4.57. The predicted octanol–water partition coefficient (Wildman–Crippen LogP) is 1.18. The van der Waals surface area contributed by atoms with Gasteiger partial charge in [-0.25, -0.2) is 4.98 Å². The number of piperazine rings is 1. The molecule has 1 unspecified atom stereocenters. The van der Waals surface area contributed by atoms with E-state index in [1.54, 1.807) is 0 Å². The van der Waals surface area contributed by atoms with Gasteiger partial charge in [0.25, 0.3) is 0 Å². The van der Waals surface area contributed by atoms with Gasteiger partial charge in [0.15, 0.2) is 0 Å². The van der Waals surface area contributed by atoms with Gasteiger partial charge in [0.1, 0.15) is 5.82 Å². The van der Waals surface area contributed by atoms with Gasteiger partial charge in [-0.2, -0.15) is 0 Å². The lowest BCUT2D eigenvalue weighted by Crippen LogP contribution is -2.48. The minimum Gasteiger partial charge on any atom is -0.354 e. The molecule has 2 aliphatic heterocycles. The van der Waals surface area contributed by atoms with Crippen LogP contribution < -0.4 is 10.6 Å². The van der Waals surface area contributed by atoms with E-state index in [1.807, 2.05) is 23.2 Å². The van der Waals surface area contributed by atoms with Crippen molar-refractivity contribution in [3.8, 4) is 0 Å². The third-order valence-corrected chi connectivity index (χ3v) is 5.62. The van der Waals surface area contributed by atoms with Crippen LogP contribution in [0.5, 0.6) is 0 Å². The molecular formula is C19H31N5O. The highest BCUT2D eigenvalue weighted by molar-refractivity contribution is 5.76. The Kier molecular flexibility index (Phi) is 6.26. The topological polar surface area (TPSA) is 65.7 Å². The van der Waals surface area contributed by atoms with Crippen molar-refractivity contribution in [1.29, 1.82) is 0 Å². The van der Waals surface area contributed by atoms with Crippen molar-refractivity contribution in [1.82, 2.24) is 14.8 Å². The van der Waals surface area contributed by atoms with Crippen molar-refractivity contribution in [3.63, 3.8) is 0 Å². The van der Waals surface area contributed by atoms with Crippen LogP contribution in [0.2, 0.25) is 0 Å². The van der Waals surface area contributed by atoms with Gasteiger partial charge in [0.2, 0.25) is 5.91 Å². The molecule has 0 bridgehead atoms. The molecule has 0 spiro atoms. The minimum absolute atomic E-state index is 0.243. The summed E-state index contributed by atoms with van der Waals surface area (Å²) in [6, 6.07) is 6.28. The molecule has 2 saturated heterocycles. The van der Waals surface area contributed by atoms with E-state index in [-0.39, 0.29) is 6.04 Å². The van der Waals surface area contributed by atoms with Crippen molar-refractivity contribution in [3.05, 3.63) is 24.4 Å². The second-order valence-corrected chi connectivity index (χ2v) is 7.34. The molecule has 138 valence electrons. The zero-order chi connectivity index (χ0) is 17.6. The van der Waals surface area contributed by atoms with Crippen LogP contribution in [0.3, 0.4) is 0 Å². The van der Waals surface area contributed by atoms with Crippen molar-refractivity contribution in [2.45, 2.75) is 32.2 Å². The average Bonchev–Trinajstić information content (AvgIpc) is 2.67. The molecule has 6 nitrogen and oxygen atoms in total. The number of carbonyl (C=O) groups is 1. The lowest BCUT2D eigenvalue weighted by atomic mass is 9.91. The normalized spacial score (nSPS) is 21.4. The van der Waals surface area contributed by atoms with E-state index in [1.165, 1.54) is 0 Å². The number of hydrogen-bond donors (Lipinski definition) is 1. The molecule has 3 rings (SSSR count). The summed E-state index contributed by atoms with van der Waals surface area (Å²) in [6.45, 7) is 8.63. The van der Waals surface area contributed by atoms with Crippen LogP contribution in [0.4, 0.5) is 5.82 Å². The molecule has 1 aromatic heterocycles. The minimum atomic E-state index is 0.243. The Morgan fingerprint density at radius 2 is 1.92 bits per heavy atom. The maximum absolute atomic E-state index is 12.5. The Morgan fingerprint density at radius 1 is 1.20 bits per heavy atom. The number of nitrogens with zero attached hydrogens (tertiary/aromatic N) is 4. The lowest BCUT2D eigenvalue weighted by Gasteiger charge is -2.36.